The molecule has 0 spiro atoms. The Kier molecular flexibility index (Phi) is 7.98. The average Bonchev–Trinajstić information content (AvgIpc) is 3.22. The van der Waals surface area contributed by atoms with Crippen molar-refractivity contribution in [2.45, 2.75) is 26.7 Å². The molecule has 0 radical (unpaired) electrons. The predicted octanol–water partition coefficient (Wildman–Crippen LogP) is 4.72. The molecule has 2 aromatic heterocycles. The normalized spacial score (nSPS) is 11.3. The van der Waals surface area contributed by atoms with E-state index in [0.717, 1.165) is 67.7 Å². The monoisotopic (exact) mass is 444 g/mol. The summed E-state index contributed by atoms with van der Waals surface area (Å²) in [7, 11) is 5.78. The molecule has 168 valence electrons. The van der Waals surface area contributed by atoms with E-state index in [4.69, 9.17) is 21.3 Å². The van der Waals surface area contributed by atoms with Gasteiger partial charge in [-0.05, 0) is 39.1 Å². The summed E-state index contributed by atoms with van der Waals surface area (Å²) in [4.78, 5) is 11.6. The summed E-state index contributed by atoms with van der Waals surface area (Å²) >= 11 is 6.68. The highest BCUT2D eigenvalue weighted by molar-refractivity contribution is 6.33. The maximum Gasteiger partial charge on any atom is 0.159 e. The molecule has 0 saturated heterocycles. The van der Waals surface area contributed by atoms with Gasteiger partial charge in [0.1, 0.15) is 17.4 Å². The standard InChI is InChI=1S/C23H33ClN6O/c1-6-12-28(13-7-2)23-17-22(26-21-10-11-25-30(21)23)29(15-14-27(3)4)20-9-8-18(31-5)16-19(20)24/h8-11,16-17H,6-7,12-15H2,1-5H3. The highest BCUT2D eigenvalue weighted by Gasteiger charge is 2.20. The summed E-state index contributed by atoms with van der Waals surface area (Å²) in [6, 6.07) is 9.85. The number of ether oxygens (including phenoxy) is 1. The third-order valence-electron chi connectivity index (χ3n) is 5.13. The van der Waals surface area contributed by atoms with Crippen molar-refractivity contribution in [3.63, 3.8) is 0 Å². The summed E-state index contributed by atoms with van der Waals surface area (Å²) < 4.78 is 7.27. The van der Waals surface area contributed by atoms with Crippen LogP contribution in [-0.2, 0) is 0 Å². The molecule has 2 heterocycles. The molecule has 0 aliphatic heterocycles. The van der Waals surface area contributed by atoms with E-state index >= 15 is 0 Å². The number of halogens is 1. The fourth-order valence-electron chi connectivity index (χ4n) is 3.62. The Morgan fingerprint density at radius 3 is 2.35 bits per heavy atom. The van der Waals surface area contributed by atoms with Gasteiger partial charge in [0.05, 0.1) is 24.0 Å². The fourth-order valence-corrected chi connectivity index (χ4v) is 3.89. The largest absolute Gasteiger partial charge is 0.497 e. The number of benzene rings is 1. The van der Waals surface area contributed by atoms with Gasteiger partial charge in [-0.15, -0.1) is 0 Å². The molecule has 31 heavy (non-hydrogen) atoms. The van der Waals surface area contributed by atoms with Gasteiger partial charge >= 0.3 is 0 Å². The Balaban J connectivity index is 2.13. The van der Waals surface area contributed by atoms with Crippen LogP contribution in [0.25, 0.3) is 5.65 Å². The van der Waals surface area contributed by atoms with Crippen LogP contribution >= 0.6 is 11.6 Å². The second-order valence-corrected chi connectivity index (χ2v) is 8.24. The number of aromatic nitrogens is 3. The number of likely N-dealkylation sites (N-methyl/N-ethyl adjacent to an activating group) is 1. The highest BCUT2D eigenvalue weighted by Crippen LogP contribution is 2.35. The van der Waals surface area contributed by atoms with Gasteiger partial charge in [-0.2, -0.15) is 9.61 Å². The van der Waals surface area contributed by atoms with Crippen molar-refractivity contribution in [1.29, 1.82) is 0 Å². The Bertz CT molecular complexity index is 983. The minimum atomic E-state index is 0.633. The zero-order valence-electron chi connectivity index (χ0n) is 19.2. The second kappa shape index (κ2) is 10.7. The van der Waals surface area contributed by atoms with Crippen molar-refractivity contribution in [3.05, 3.63) is 41.6 Å². The van der Waals surface area contributed by atoms with Crippen molar-refractivity contribution in [2.24, 2.45) is 0 Å². The topological polar surface area (TPSA) is 49.1 Å². The van der Waals surface area contributed by atoms with Crippen LogP contribution in [0.4, 0.5) is 17.3 Å². The number of rotatable bonds is 11. The molecule has 0 aliphatic rings. The molecular weight excluding hydrogens is 412 g/mol. The number of fused-ring (bicyclic) bond motifs is 1. The molecule has 8 heteroatoms. The lowest BCUT2D eigenvalue weighted by Gasteiger charge is -2.29. The van der Waals surface area contributed by atoms with Crippen LogP contribution in [0.2, 0.25) is 5.02 Å². The molecular formula is C23H33ClN6O. The van der Waals surface area contributed by atoms with Crippen LogP contribution in [0.15, 0.2) is 36.5 Å². The lowest BCUT2D eigenvalue weighted by atomic mass is 10.2. The molecule has 7 nitrogen and oxygen atoms in total. The van der Waals surface area contributed by atoms with Gasteiger partial charge in [-0.3, -0.25) is 0 Å². The minimum Gasteiger partial charge on any atom is -0.497 e. The van der Waals surface area contributed by atoms with Crippen molar-refractivity contribution < 1.29 is 4.74 Å². The Morgan fingerprint density at radius 1 is 1.00 bits per heavy atom. The molecule has 0 unspecified atom stereocenters. The van der Waals surface area contributed by atoms with E-state index in [1.165, 1.54) is 0 Å². The molecule has 1 aromatic carbocycles. The summed E-state index contributed by atoms with van der Waals surface area (Å²) in [6.45, 7) is 7.94. The third-order valence-corrected chi connectivity index (χ3v) is 5.43. The van der Waals surface area contributed by atoms with Crippen LogP contribution in [0, 0.1) is 0 Å². The van der Waals surface area contributed by atoms with E-state index < -0.39 is 0 Å². The molecule has 0 fully saturated rings. The van der Waals surface area contributed by atoms with E-state index in [0.29, 0.717) is 5.02 Å². The van der Waals surface area contributed by atoms with E-state index in [9.17, 15) is 0 Å². The average molecular weight is 445 g/mol. The first-order chi connectivity index (χ1) is 15.0. The van der Waals surface area contributed by atoms with Crippen LogP contribution in [0.1, 0.15) is 26.7 Å². The first-order valence-corrected chi connectivity index (χ1v) is 11.2. The molecule has 0 saturated carbocycles. The highest BCUT2D eigenvalue weighted by atomic mass is 35.5. The minimum absolute atomic E-state index is 0.633. The van der Waals surface area contributed by atoms with Gasteiger partial charge in [-0.25, -0.2) is 4.98 Å². The van der Waals surface area contributed by atoms with Crippen LogP contribution < -0.4 is 14.5 Å². The second-order valence-electron chi connectivity index (χ2n) is 7.83. The van der Waals surface area contributed by atoms with Gasteiger partial charge in [0.25, 0.3) is 0 Å². The zero-order valence-corrected chi connectivity index (χ0v) is 19.9. The zero-order chi connectivity index (χ0) is 22.4. The van der Waals surface area contributed by atoms with Gasteiger partial charge in [0, 0.05) is 44.4 Å². The van der Waals surface area contributed by atoms with Crippen molar-refractivity contribution >= 4 is 34.6 Å². The molecule has 3 rings (SSSR count). The Labute approximate surface area is 190 Å². The Hall–Kier alpha value is -2.51. The van der Waals surface area contributed by atoms with E-state index in [2.05, 4.69) is 53.8 Å². The molecule has 0 aliphatic carbocycles. The van der Waals surface area contributed by atoms with E-state index in [1.807, 2.05) is 28.8 Å². The predicted molar refractivity (Wildman–Crippen MR) is 129 cm³/mol. The number of hydrogen-bond donors (Lipinski definition) is 0. The SMILES string of the molecule is CCCN(CCC)c1cc(N(CCN(C)C)c2ccc(OC)cc2Cl)nc2ccnn12. The maximum absolute atomic E-state index is 6.68. The van der Waals surface area contributed by atoms with Crippen molar-refractivity contribution in [1.82, 2.24) is 19.5 Å². The summed E-state index contributed by atoms with van der Waals surface area (Å²) in [5, 5.41) is 5.17. The first kappa shape index (κ1) is 23.2. The molecule has 3 aromatic rings. The first-order valence-electron chi connectivity index (χ1n) is 10.8. The molecule has 0 atom stereocenters. The van der Waals surface area contributed by atoms with Crippen LogP contribution in [0.5, 0.6) is 5.75 Å². The smallest absolute Gasteiger partial charge is 0.159 e. The summed E-state index contributed by atoms with van der Waals surface area (Å²) in [6.07, 6.45) is 3.93. The Morgan fingerprint density at radius 2 is 1.74 bits per heavy atom. The number of nitrogens with zero attached hydrogens (tertiary/aromatic N) is 6. The molecule has 0 amide bonds. The van der Waals surface area contributed by atoms with E-state index in [-0.39, 0.29) is 0 Å². The third kappa shape index (κ3) is 5.40. The van der Waals surface area contributed by atoms with Gasteiger partial charge < -0.3 is 19.4 Å². The van der Waals surface area contributed by atoms with E-state index in [1.54, 1.807) is 13.3 Å². The molecule has 0 N–H and O–H groups in total. The lowest BCUT2D eigenvalue weighted by molar-refractivity contribution is 0.414. The molecule has 0 bridgehead atoms. The van der Waals surface area contributed by atoms with Crippen molar-refractivity contribution in [2.75, 3.05) is 57.2 Å². The van der Waals surface area contributed by atoms with Gasteiger partial charge in [0.2, 0.25) is 0 Å². The van der Waals surface area contributed by atoms with Crippen molar-refractivity contribution in [3.8, 4) is 5.75 Å². The van der Waals surface area contributed by atoms with Crippen LogP contribution in [0.3, 0.4) is 0 Å². The number of methoxy groups -OCH3 is 1. The summed E-state index contributed by atoms with van der Waals surface area (Å²) in [5.41, 5.74) is 1.73. The number of anilines is 3. The maximum atomic E-state index is 6.68. The fraction of sp³-hybridized carbons (Fsp3) is 0.478. The quantitative estimate of drug-likeness (QED) is 0.426. The lowest BCUT2D eigenvalue weighted by Crippen LogP contribution is -2.31. The number of hydrogen-bond acceptors (Lipinski definition) is 6. The summed E-state index contributed by atoms with van der Waals surface area (Å²) in [5.74, 6) is 2.64. The van der Waals surface area contributed by atoms with Gasteiger partial charge in [0.15, 0.2) is 5.65 Å². The van der Waals surface area contributed by atoms with Gasteiger partial charge in [-0.1, -0.05) is 25.4 Å². The van der Waals surface area contributed by atoms with Crippen LogP contribution in [-0.4, -0.2) is 66.9 Å².